The molecule has 0 aliphatic carbocycles. The van der Waals surface area contributed by atoms with Gasteiger partial charge in [-0.05, 0) is 88.3 Å². The summed E-state index contributed by atoms with van der Waals surface area (Å²) in [6.07, 6.45) is 1.64. The number of halogens is 2. The molecule has 0 aliphatic rings. The molecule has 1 aromatic heterocycles. The van der Waals surface area contributed by atoms with Gasteiger partial charge in [0.1, 0.15) is 11.6 Å². The molecule has 0 spiro atoms. The van der Waals surface area contributed by atoms with Crippen molar-refractivity contribution in [1.82, 2.24) is 20.4 Å². The van der Waals surface area contributed by atoms with E-state index in [2.05, 4.69) is 15.5 Å². The number of H-pyrrole nitrogens is 1. The number of aromatic amines is 1. The summed E-state index contributed by atoms with van der Waals surface area (Å²) in [5.41, 5.74) is 3.50. The summed E-state index contributed by atoms with van der Waals surface area (Å²) in [5.74, 6) is -0.635. The molecule has 0 saturated heterocycles. The van der Waals surface area contributed by atoms with Crippen molar-refractivity contribution in [2.24, 2.45) is 0 Å². The molecule has 1 amide bonds. The van der Waals surface area contributed by atoms with Gasteiger partial charge >= 0.3 is 0 Å². The summed E-state index contributed by atoms with van der Waals surface area (Å²) in [7, 11) is 1.92. The molecule has 2 N–H and O–H groups in total. The van der Waals surface area contributed by atoms with Gasteiger partial charge in [-0.1, -0.05) is 12.1 Å². The molecule has 2 atom stereocenters. The Morgan fingerprint density at radius 2 is 1.68 bits per heavy atom. The van der Waals surface area contributed by atoms with Gasteiger partial charge in [-0.15, -0.1) is 0 Å². The third-order valence-corrected chi connectivity index (χ3v) is 5.50. The first-order chi connectivity index (χ1) is 14.8. The molecule has 164 valence electrons. The molecule has 1 heterocycles. The predicted molar refractivity (Wildman–Crippen MR) is 117 cm³/mol. The van der Waals surface area contributed by atoms with Gasteiger partial charge in [0.2, 0.25) is 5.91 Å². The number of rotatable bonds is 9. The number of aromatic nitrogens is 2. The van der Waals surface area contributed by atoms with E-state index in [4.69, 9.17) is 0 Å². The van der Waals surface area contributed by atoms with E-state index in [0.717, 1.165) is 41.9 Å². The van der Waals surface area contributed by atoms with Gasteiger partial charge in [-0.2, -0.15) is 5.10 Å². The standard InChI is InChI=1S/C24H28F2N4O/c1-16(18-6-10-20(25)11-7-18)27-24(31)17(2)30(3)14-4-5-22-15-23(29-28-22)19-8-12-21(26)13-9-19/h6-13,15-17H,4-5,14H2,1-3H3,(H,27,31)(H,28,29). The minimum absolute atomic E-state index is 0.0699. The van der Waals surface area contributed by atoms with Gasteiger partial charge in [0.15, 0.2) is 0 Å². The maximum atomic E-state index is 13.1. The fraction of sp³-hybridized carbons (Fsp3) is 0.333. The van der Waals surface area contributed by atoms with Crippen LogP contribution in [-0.4, -0.2) is 40.6 Å². The van der Waals surface area contributed by atoms with Crippen molar-refractivity contribution in [2.75, 3.05) is 13.6 Å². The van der Waals surface area contributed by atoms with E-state index in [1.165, 1.54) is 24.3 Å². The highest BCUT2D eigenvalue weighted by molar-refractivity contribution is 5.81. The van der Waals surface area contributed by atoms with Crippen LogP contribution in [0.4, 0.5) is 8.78 Å². The van der Waals surface area contributed by atoms with Crippen LogP contribution in [-0.2, 0) is 11.2 Å². The lowest BCUT2D eigenvalue weighted by Crippen LogP contribution is -2.44. The zero-order valence-electron chi connectivity index (χ0n) is 18.0. The summed E-state index contributed by atoms with van der Waals surface area (Å²) < 4.78 is 26.1. The van der Waals surface area contributed by atoms with Gasteiger partial charge in [0.25, 0.3) is 0 Å². The van der Waals surface area contributed by atoms with Crippen LogP contribution in [0, 0.1) is 11.6 Å². The molecule has 2 unspecified atom stereocenters. The van der Waals surface area contributed by atoms with Gasteiger partial charge in [0.05, 0.1) is 17.8 Å². The molecule has 31 heavy (non-hydrogen) atoms. The number of nitrogens with zero attached hydrogens (tertiary/aromatic N) is 2. The van der Waals surface area contributed by atoms with Crippen molar-refractivity contribution in [3.63, 3.8) is 0 Å². The number of aryl methyl sites for hydroxylation is 1. The Morgan fingerprint density at radius 3 is 2.32 bits per heavy atom. The van der Waals surface area contributed by atoms with Crippen LogP contribution in [0.25, 0.3) is 11.3 Å². The highest BCUT2D eigenvalue weighted by atomic mass is 19.1. The van der Waals surface area contributed by atoms with Crippen molar-refractivity contribution in [3.05, 3.63) is 77.5 Å². The molecule has 0 radical (unpaired) electrons. The molecule has 0 fully saturated rings. The minimum Gasteiger partial charge on any atom is -0.348 e. The van der Waals surface area contributed by atoms with E-state index in [1.807, 2.05) is 31.9 Å². The average molecular weight is 427 g/mol. The monoisotopic (exact) mass is 426 g/mol. The van der Waals surface area contributed by atoms with E-state index >= 15 is 0 Å². The Labute approximate surface area is 181 Å². The van der Waals surface area contributed by atoms with Crippen LogP contribution < -0.4 is 5.32 Å². The highest BCUT2D eigenvalue weighted by Crippen LogP contribution is 2.19. The Morgan fingerprint density at radius 1 is 1.06 bits per heavy atom. The second-order valence-corrected chi connectivity index (χ2v) is 7.83. The van der Waals surface area contributed by atoms with Crippen molar-refractivity contribution in [2.45, 2.75) is 38.8 Å². The molecule has 3 aromatic rings. The molecule has 0 bridgehead atoms. The zero-order chi connectivity index (χ0) is 22.4. The first kappa shape index (κ1) is 22.6. The topological polar surface area (TPSA) is 61.0 Å². The average Bonchev–Trinajstić information content (AvgIpc) is 3.22. The quantitative estimate of drug-likeness (QED) is 0.530. The van der Waals surface area contributed by atoms with Gasteiger partial charge in [0, 0.05) is 11.3 Å². The van der Waals surface area contributed by atoms with Crippen LogP contribution in [0.1, 0.15) is 37.6 Å². The van der Waals surface area contributed by atoms with Crippen LogP contribution in [0.15, 0.2) is 54.6 Å². The van der Waals surface area contributed by atoms with Crippen LogP contribution in [0.3, 0.4) is 0 Å². The predicted octanol–water partition coefficient (Wildman–Crippen LogP) is 4.49. The van der Waals surface area contributed by atoms with Crippen molar-refractivity contribution < 1.29 is 13.6 Å². The molecule has 0 saturated carbocycles. The van der Waals surface area contributed by atoms with Crippen molar-refractivity contribution in [1.29, 1.82) is 0 Å². The summed E-state index contributed by atoms with van der Waals surface area (Å²) in [6, 6.07) is 13.9. The summed E-state index contributed by atoms with van der Waals surface area (Å²) in [4.78, 5) is 14.6. The Hall–Kier alpha value is -3.06. The molecule has 3 rings (SSSR count). The maximum absolute atomic E-state index is 13.1. The summed E-state index contributed by atoms with van der Waals surface area (Å²) >= 11 is 0. The normalized spacial score (nSPS) is 13.2. The third kappa shape index (κ3) is 6.21. The first-order valence-electron chi connectivity index (χ1n) is 10.4. The number of nitrogens with one attached hydrogen (secondary N) is 2. The lowest BCUT2D eigenvalue weighted by molar-refractivity contribution is -0.126. The van der Waals surface area contributed by atoms with Crippen LogP contribution in [0.5, 0.6) is 0 Å². The first-order valence-corrected chi connectivity index (χ1v) is 10.4. The lowest BCUT2D eigenvalue weighted by atomic mass is 10.1. The molecule has 0 aliphatic heterocycles. The number of hydrogen-bond acceptors (Lipinski definition) is 3. The smallest absolute Gasteiger partial charge is 0.237 e. The van der Waals surface area contributed by atoms with Crippen molar-refractivity contribution >= 4 is 5.91 Å². The van der Waals surface area contributed by atoms with Crippen molar-refractivity contribution in [3.8, 4) is 11.3 Å². The number of likely N-dealkylation sites (N-methyl/N-ethyl adjacent to an activating group) is 1. The Bertz CT molecular complexity index is 986. The molecule has 7 heteroatoms. The SMILES string of the molecule is CC(NC(=O)C(C)N(C)CCCc1cc(-c2ccc(F)cc2)n[nH]1)c1ccc(F)cc1. The fourth-order valence-electron chi connectivity index (χ4n) is 3.34. The van der Waals surface area contributed by atoms with E-state index in [0.29, 0.717) is 0 Å². The molecule has 2 aromatic carbocycles. The van der Waals surface area contributed by atoms with Gasteiger partial charge < -0.3 is 5.32 Å². The second-order valence-electron chi connectivity index (χ2n) is 7.83. The number of carbonyl (C=O) groups excluding carboxylic acids is 1. The summed E-state index contributed by atoms with van der Waals surface area (Å²) in [6.45, 7) is 4.49. The Kier molecular flexibility index (Phi) is 7.52. The van der Waals surface area contributed by atoms with E-state index in [9.17, 15) is 13.6 Å². The second kappa shape index (κ2) is 10.3. The molecular formula is C24H28F2N4O. The Balaban J connectivity index is 1.45. The molecular weight excluding hydrogens is 398 g/mol. The zero-order valence-corrected chi connectivity index (χ0v) is 18.0. The number of carbonyl (C=O) groups is 1. The van der Waals surface area contributed by atoms with Crippen LogP contribution >= 0.6 is 0 Å². The number of amides is 1. The summed E-state index contributed by atoms with van der Waals surface area (Å²) in [5, 5.41) is 10.3. The van der Waals surface area contributed by atoms with E-state index in [1.54, 1.807) is 24.3 Å². The van der Waals surface area contributed by atoms with E-state index < -0.39 is 0 Å². The maximum Gasteiger partial charge on any atom is 0.237 e. The van der Waals surface area contributed by atoms with E-state index in [-0.39, 0.29) is 29.6 Å². The fourth-order valence-corrected chi connectivity index (χ4v) is 3.34. The number of benzene rings is 2. The minimum atomic E-state index is -0.294. The highest BCUT2D eigenvalue weighted by Gasteiger charge is 2.20. The largest absolute Gasteiger partial charge is 0.348 e. The van der Waals surface area contributed by atoms with Crippen LogP contribution in [0.2, 0.25) is 0 Å². The van der Waals surface area contributed by atoms with Gasteiger partial charge in [-0.3, -0.25) is 14.8 Å². The molecule has 5 nitrogen and oxygen atoms in total. The van der Waals surface area contributed by atoms with Gasteiger partial charge in [-0.25, -0.2) is 8.78 Å². The number of hydrogen-bond donors (Lipinski definition) is 2. The lowest BCUT2D eigenvalue weighted by Gasteiger charge is -2.25. The third-order valence-electron chi connectivity index (χ3n) is 5.50.